The zero-order valence-corrected chi connectivity index (χ0v) is 17.7. The lowest BCUT2D eigenvalue weighted by molar-refractivity contribution is 0.530. The molecule has 3 aromatic rings. The van der Waals surface area contributed by atoms with Crippen LogP contribution in [0.25, 0.3) is 0 Å². The number of hydrogen-bond donors (Lipinski definition) is 1. The van der Waals surface area contributed by atoms with Gasteiger partial charge in [0.05, 0.1) is 4.90 Å². The minimum Gasteiger partial charge on any atom is -0.210 e. The first-order valence-corrected chi connectivity index (χ1v) is 10.9. The number of rotatable bonds is 6. The highest BCUT2D eigenvalue weighted by Gasteiger charge is 2.31. The van der Waals surface area contributed by atoms with Crippen molar-refractivity contribution in [1.82, 2.24) is 4.72 Å². The van der Waals surface area contributed by atoms with Gasteiger partial charge < -0.3 is 0 Å². The summed E-state index contributed by atoms with van der Waals surface area (Å²) in [5.74, 6) is 0. The number of sulfonamides is 1. The van der Waals surface area contributed by atoms with Gasteiger partial charge in [0.15, 0.2) is 0 Å². The molecule has 0 heterocycles. The van der Waals surface area contributed by atoms with Gasteiger partial charge in [-0.3, -0.25) is 0 Å². The molecule has 0 aliphatic heterocycles. The molecule has 1 N–H and O–H groups in total. The van der Waals surface area contributed by atoms with Crippen LogP contribution < -0.4 is 4.72 Å². The summed E-state index contributed by atoms with van der Waals surface area (Å²) >= 11 is 0. The van der Waals surface area contributed by atoms with Crippen molar-refractivity contribution in [2.75, 3.05) is 6.54 Å². The molecule has 146 valence electrons. The first kappa shape index (κ1) is 20.3. The van der Waals surface area contributed by atoms with E-state index in [9.17, 15) is 8.42 Å². The summed E-state index contributed by atoms with van der Waals surface area (Å²) in [6, 6.07) is 23.4. The summed E-state index contributed by atoms with van der Waals surface area (Å²) in [5, 5.41) is 0. The van der Waals surface area contributed by atoms with Crippen molar-refractivity contribution in [3.05, 3.63) is 101 Å². The lowest BCUT2D eigenvalue weighted by atomic mass is 9.75. The van der Waals surface area contributed by atoms with E-state index < -0.39 is 15.4 Å². The van der Waals surface area contributed by atoms with Crippen molar-refractivity contribution in [1.29, 1.82) is 0 Å². The lowest BCUT2D eigenvalue weighted by Gasteiger charge is -2.32. The van der Waals surface area contributed by atoms with Crippen LogP contribution in [0.3, 0.4) is 0 Å². The molecule has 0 saturated heterocycles. The average molecular weight is 394 g/mol. The summed E-state index contributed by atoms with van der Waals surface area (Å²) in [7, 11) is -3.60. The largest absolute Gasteiger partial charge is 0.240 e. The van der Waals surface area contributed by atoms with Gasteiger partial charge in [0.1, 0.15) is 0 Å². The normalized spacial score (nSPS) is 13.9. The van der Waals surface area contributed by atoms with E-state index in [2.05, 4.69) is 55.8 Å². The van der Waals surface area contributed by atoms with Crippen LogP contribution in [0, 0.1) is 20.8 Å². The van der Waals surface area contributed by atoms with E-state index >= 15 is 0 Å². The predicted octanol–water partition coefficient (Wildman–Crippen LogP) is 4.90. The molecule has 0 radical (unpaired) electrons. The highest BCUT2D eigenvalue weighted by atomic mass is 32.2. The zero-order chi connectivity index (χ0) is 20.4. The third-order valence-electron chi connectivity index (χ3n) is 5.22. The van der Waals surface area contributed by atoms with Gasteiger partial charge in [0.25, 0.3) is 0 Å². The molecule has 0 aliphatic rings. The number of hydrogen-bond acceptors (Lipinski definition) is 2. The van der Waals surface area contributed by atoms with Crippen LogP contribution in [-0.2, 0) is 15.4 Å². The third-order valence-corrected chi connectivity index (χ3v) is 6.63. The Labute approximate surface area is 168 Å². The number of aryl methyl sites for hydroxylation is 3. The van der Waals surface area contributed by atoms with Crippen LogP contribution in [0.4, 0.5) is 0 Å². The highest BCUT2D eigenvalue weighted by molar-refractivity contribution is 7.89. The van der Waals surface area contributed by atoms with E-state index in [0.29, 0.717) is 0 Å². The summed E-state index contributed by atoms with van der Waals surface area (Å²) in [5.41, 5.74) is 5.05. The molecule has 28 heavy (non-hydrogen) atoms. The van der Waals surface area contributed by atoms with Crippen LogP contribution in [0.1, 0.15) is 34.7 Å². The number of benzene rings is 3. The maximum absolute atomic E-state index is 12.9. The molecule has 4 heteroatoms. The molecule has 3 nitrogen and oxygen atoms in total. The van der Waals surface area contributed by atoms with Gasteiger partial charge >= 0.3 is 0 Å². The fourth-order valence-corrected chi connectivity index (χ4v) is 4.65. The van der Waals surface area contributed by atoms with E-state index in [1.165, 1.54) is 11.1 Å². The molecule has 0 bridgehead atoms. The maximum atomic E-state index is 12.9. The Bertz CT molecular complexity index is 1040. The summed E-state index contributed by atoms with van der Waals surface area (Å²) in [4.78, 5) is 0.286. The van der Waals surface area contributed by atoms with Crippen LogP contribution in [0.5, 0.6) is 0 Å². The van der Waals surface area contributed by atoms with E-state index in [1.807, 2.05) is 37.3 Å². The molecule has 0 aromatic heterocycles. The van der Waals surface area contributed by atoms with E-state index in [1.54, 1.807) is 12.1 Å². The van der Waals surface area contributed by atoms with Gasteiger partial charge in [0.2, 0.25) is 10.0 Å². The van der Waals surface area contributed by atoms with Gasteiger partial charge in [-0.15, -0.1) is 0 Å². The third kappa shape index (κ3) is 4.34. The molecule has 0 aliphatic carbocycles. The molecule has 3 aromatic carbocycles. The zero-order valence-electron chi connectivity index (χ0n) is 16.9. The Balaban J connectivity index is 2.00. The molecule has 1 unspecified atom stereocenters. The minimum atomic E-state index is -3.60. The van der Waals surface area contributed by atoms with Crippen molar-refractivity contribution in [2.45, 2.75) is 38.0 Å². The second-order valence-corrected chi connectivity index (χ2v) is 9.48. The van der Waals surface area contributed by atoms with Gasteiger partial charge in [0, 0.05) is 12.0 Å². The Hall–Kier alpha value is -2.43. The van der Waals surface area contributed by atoms with Gasteiger partial charge in [-0.1, -0.05) is 84.3 Å². The minimum absolute atomic E-state index is 0.274. The summed E-state index contributed by atoms with van der Waals surface area (Å²) in [6.07, 6.45) is 0. The Morgan fingerprint density at radius 3 is 1.89 bits per heavy atom. The van der Waals surface area contributed by atoms with Gasteiger partial charge in [-0.2, -0.15) is 0 Å². The topological polar surface area (TPSA) is 46.2 Å². The van der Waals surface area contributed by atoms with Crippen molar-refractivity contribution in [2.24, 2.45) is 0 Å². The van der Waals surface area contributed by atoms with Crippen molar-refractivity contribution >= 4 is 10.0 Å². The summed E-state index contributed by atoms with van der Waals surface area (Å²) < 4.78 is 28.6. The van der Waals surface area contributed by atoms with Gasteiger partial charge in [-0.25, -0.2) is 13.1 Å². The molecular formula is C24H27NO2S. The molecule has 0 fully saturated rings. The highest BCUT2D eigenvalue weighted by Crippen LogP contribution is 2.33. The van der Waals surface area contributed by atoms with Crippen molar-refractivity contribution in [3.8, 4) is 0 Å². The molecular weight excluding hydrogens is 366 g/mol. The molecule has 0 saturated carbocycles. The smallest absolute Gasteiger partial charge is 0.210 e. The molecule has 0 amide bonds. The van der Waals surface area contributed by atoms with E-state index in [-0.39, 0.29) is 11.4 Å². The Kier molecular flexibility index (Phi) is 5.73. The van der Waals surface area contributed by atoms with Gasteiger partial charge in [-0.05, 0) is 44.0 Å². The quantitative estimate of drug-likeness (QED) is 0.648. The second-order valence-electron chi connectivity index (χ2n) is 7.71. The maximum Gasteiger partial charge on any atom is 0.240 e. The van der Waals surface area contributed by atoms with Crippen LogP contribution in [0.15, 0.2) is 77.7 Å². The Morgan fingerprint density at radius 1 is 0.750 bits per heavy atom. The van der Waals surface area contributed by atoms with Crippen molar-refractivity contribution in [3.63, 3.8) is 0 Å². The fraction of sp³-hybridized carbons (Fsp3) is 0.250. The van der Waals surface area contributed by atoms with Crippen molar-refractivity contribution < 1.29 is 8.42 Å². The summed E-state index contributed by atoms with van der Waals surface area (Å²) in [6.45, 7) is 8.44. The predicted molar refractivity (Wildman–Crippen MR) is 115 cm³/mol. The van der Waals surface area contributed by atoms with Crippen LogP contribution in [-0.4, -0.2) is 15.0 Å². The first-order chi connectivity index (χ1) is 13.2. The van der Waals surface area contributed by atoms with Crippen LogP contribution >= 0.6 is 0 Å². The molecule has 1 atom stereocenters. The van der Waals surface area contributed by atoms with Crippen LogP contribution in [0.2, 0.25) is 0 Å². The molecule has 0 spiro atoms. The van der Waals surface area contributed by atoms with E-state index in [4.69, 9.17) is 0 Å². The second kappa shape index (κ2) is 7.90. The number of nitrogens with one attached hydrogen (secondary N) is 1. The average Bonchev–Trinajstić information content (AvgIpc) is 2.66. The monoisotopic (exact) mass is 393 g/mol. The first-order valence-electron chi connectivity index (χ1n) is 9.41. The lowest BCUT2D eigenvalue weighted by Crippen LogP contribution is -2.39. The molecule has 3 rings (SSSR count). The Morgan fingerprint density at radius 2 is 1.32 bits per heavy atom. The van der Waals surface area contributed by atoms with E-state index in [0.717, 1.165) is 16.7 Å². The fourth-order valence-electron chi connectivity index (χ4n) is 3.51. The standard InChI is InChI=1S/C24H27NO2S/c1-18-10-12-23(13-11-18)28(26,27)25-17-24(4,21-8-6-5-7-9-21)22-15-19(2)14-20(3)16-22/h5-16,25H,17H2,1-4H3. The SMILES string of the molecule is Cc1ccc(S(=O)(=O)NCC(C)(c2ccccc2)c2cc(C)cc(C)c2)cc1.